The predicted octanol–water partition coefficient (Wildman–Crippen LogP) is 4.50. The second-order valence-corrected chi connectivity index (χ2v) is 5.41. The van der Waals surface area contributed by atoms with Gasteiger partial charge in [0.15, 0.2) is 5.82 Å². The molecule has 112 valence electrons. The number of alkyl halides is 3. The molecule has 0 saturated carbocycles. The number of H-pyrrole nitrogens is 1. The molecule has 2 heterocycles. The summed E-state index contributed by atoms with van der Waals surface area (Å²) in [5, 5.41) is 10.4. The van der Waals surface area contributed by atoms with E-state index in [1.165, 1.54) is 6.07 Å². The third kappa shape index (κ3) is 2.72. The number of anilines is 1. The maximum absolute atomic E-state index is 12.9. The quantitative estimate of drug-likeness (QED) is 0.813. The van der Waals surface area contributed by atoms with Gasteiger partial charge >= 0.3 is 6.18 Å². The second-order valence-electron chi connectivity index (χ2n) is 5.00. The van der Waals surface area contributed by atoms with Crippen molar-refractivity contribution in [3.05, 3.63) is 34.3 Å². The molecule has 1 aliphatic rings. The maximum Gasteiger partial charge on any atom is 0.416 e. The van der Waals surface area contributed by atoms with Crippen LogP contribution in [0.25, 0.3) is 11.3 Å². The molecule has 3 rings (SSSR count). The zero-order valence-electron chi connectivity index (χ0n) is 11.0. The molecule has 1 aromatic carbocycles. The van der Waals surface area contributed by atoms with Crippen LogP contribution in [0.4, 0.5) is 19.0 Å². The zero-order valence-corrected chi connectivity index (χ0v) is 11.8. The van der Waals surface area contributed by atoms with Crippen molar-refractivity contribution in [2.24, 2.45) is 0 Å². The van der Waals surface area contributed by atoms with Crippen LogP contribution in [0, 0.1) is 0 Å². The van der Waals surface area contributed by atoms with Gasteiger partial charge in [-0.1, -0.05) is 11.6 Å². The van der Waals surface area contributed by atoms with E-state index < -0.39 is 11.7 Å². The summed E-state index contributed by atoms with van der Waals surface area (Å²) < 4.78 is 38.6. The van der Waals surface area contributed by atoms with Gasteiger partial charge in [0, 0.05) is 22.7 Å². The normalized spacial score (nSPS) is 15.2. The number of fused-ring (bicyclic) bond motifs is 1. The molecule has 0 atom stereocenters. The Bertz CT molecular complexity index is 664. The lowest BCUT2D eigenvalue weighted by Crippen LogP contribution is -2.05. The minimum absolute atomic E-state index is 0.277. The van der Waals surface area contributed by atoms with E-state index in [4.69, 9.17) is 11.6 Å². The highest BCUT2D eigenvalue weighted by molar-refractivity contribution is 6.33. The minimum Gasteiger partial charge on any atom is -0.368 e. The largest absolute Gasteiger partial charge is 0.416 e. The van der Waals surface area contributed by atoms with Crippen molar-refractivity contribution >= 4 is 17.4 Å². The summed E-state index contributed by atoms with van der Waals surface area (Å²) in [6.45, 7) is 0.813. The Morgan fingerprint density at radius 1 is 1.19 bits per heavy atom. The molecule has 3 nitrogen and oxygen atoms in total. The van der Waals surface area contributed by atoms with Crippen molar-refractivity contribution in [2.75, 3.05) is 11.9 Å². The van der Waals surface area contributed by atoms with Gasteiger partial charge in [-0.15, -0.1) is 0 Å². The first-order chi connectivity index (χ1) is 9.97. The molecule has 1 aliphatic heterocycles. The third-order valence-corrected chi connectivity index (χ3v) is 3.91. The number of rotatable bonds is 1. The summed E-state index contributed by atoms with van der Waals surface area (Å²) in [4.78, 5) is 0. The molecule has 2 N–H and O–H groups in total. The van der Waals surface area contributed by atoms with Gasteiger partial charge in [0.1, 0.15) is 0 Å². The van der Waals surface area contributed by atoms with Crippen molar-refractivity contribution in [3.8, 4) is 11.3 Å². The Labute approximate surface area is 124 Å². The molecule has 0 amide bonds. The molecule has 0 fully saturated rings. The van der Waals surface area contributed by atoms with Gasteiger partial charge in [-0.05, 0) is 37.5 Å². The Morgan fingerprint density at radius 3 is 2.76 bits per heavy atom. The van der Waals surface area contributed by atoms with Crippen LogP contribution in [0.3, 0.4) is 0 Å². The molecule has 2 aromatic rings. The third-order valence-electron chi connectivity index (χ3n) is 3.58. The lowest BCUT2D eigenvalue weighted by molar-refractivity contribution is -0.137. The highest BCUT2D eigenvalue weighted by Crippen LogP contribution is 2.38. The number of benzene rings is 1. The van der Waals surface area contributed by atoms with Crippen LogP contribution in [-0.2, 0) is 12.6 Å². The molecule has 0 unspecified atom stereocenters. The Balaban J connectivity index is 2.10. The Kier molecular flexibility index (Phi) is 3.57. The van der Waals surface area contributed by atoms with E-state index in [-0.39, 0.29) is 5.02 Å². The lowest BCUT2D eigenvalue weighted by Gasteiger charge is -2.10. The molecule has 0 spiro atoms. The van der Waals surface area contributed by atoms with Gasteiger partial charge in [0.2, 0.25) is 0 Å². The van der Waals surface area contributed by atoms with Crippen molar-refractivity contribution in [1.29, 1.82) is 0 Å². The van der Waals surface area contributed by atoms with Gasteiger partial charge in [-0.2, -0.15) is 18.3 Å². The highest BCUT2D eigenvalue weighted by Gasteiger charge is 2.31. The van der Waals surface area contributed by atoms with Crippen LogP contribution < -0.4 is 5.32 Å². The number of aromatic nitrogens is 2. The molecule has 0 bridgehead atoms. The minimum atomic E-state index is -4.39. The Morgan fingerprint density at radius 2 is 2.00 bits per heavy atom. The molecule has 21 heavy (non-hydrogen) atoms. The van der Waals surface area contributed by atoms with Crippen LogP contribution in [0.1, 0.15) is 24.0 Å². The molecule has 0 saturated heterocycles. The molecule has 1 aromatic heterocycles. The smallest absolute Gasteiger partial charge is 0.368 e. The van der Waals surface area contributed by atoms with E-state index in [2.05, 4.69) is 15.5 Å². The standard InChI is InChI=1S/C14H13ClF3N3/c15-11-5-4-8(14(16,17)18)7-10(11)12-9-3-1-2-6-19-13(9)21-20-12/h4-5,7H,1-3,6H2,(H2,19,20,21). The van der Waals surface area contributed by atoms with E-state index in [0.29, 0.717) is 17.1 Å². The Hall–Kier alpha value is -1.69. The summed E-state index contributed by atoms with van der Waals surface area (Å²) in [7, 11) is 0. The summed E-state index contributed by atoms with van der Waals surface area (Å²) in [6.07, 6.45) is -1.66. The molecule has 0 aliphatic carbocycles. The predicted molar refractivity (Wildman–Crippen MR) is 75.5 cm³/mol. The summed E-state index contributed by atoms with van der Waals surface area (Å²) in [6, 6.07) is 3.33. The van der Waals surface area contributed by atoms with Gasteiger partial charge in [0.05, 0.1) is 11.3 Å². The van der Waals surface area contributed by atoms with Gasteiger partial charge in [-0.25, -0.2) is 0 Å². The van der Waals surface area contributed by atoms with Gasteiger partial charge in [0.25, 0.3) is 0 Å². The summed E-state index contributed by atoms with van der Waals surface area (Å²) >= 11 is 6.09. The molecular formula is C14H13ClF3N3. The number of aromatic amines is 1. The average Bonchev–Trinajstić information content (AvgIpc) is 2.67. The van der Waals surface area contributed by atoms with Crippen LogP contribution in [-0.4, -0.2) is 16.7 Å². The monoisotopic (exact) mass is 315 g/mol. The average molecular weight is 316 g/mol. The van der Waals surface area contributed by atoms with Crippen LogP contribution in [0.2, 0.25) is 5.02 Å². The van der Waals surface area contributed by atoms with Crippen LogP contribution in [0.5, 0.6) is 0 Å². The fourth-order valence-electron chi connectivity index (χ4n) is 2.50. The van der Waals surface area contributed by atoms with E-state index >= 15 is 0 Å². The molecule has 7 heteroatoms. The zero-order chi connectivity index (χ0) is 15.0. The fraction of sp³-hybridized carbons (Fsp3) is 0.357. The van der Waals surface area contributed by atoms with Crippen molar-refractivity contribution < 1.29 is 13.2 Å². The van der Waals surface area contributed by atoms with E-state index in [9.17, 15) is 13.2 Å². The topological polar surface area (TPSA) is 40.7 Å². The van der Waals surface area contributed by atoms with Crippen molar-refractivity contribution in [3.63, 3.8) is 0 Å². The number of nitrogens with one attached hydrogen (secondary N) is 2. The maximum atomic E-state index is 12.9. The molecule has 0 radical (unpaired) electrons. The fourth-order valence-corrected chi connectivity index (χ4v) is 2.72. The summed E-state index contributed by atoms with van der Waals surface area (Å²) in [5.41, 5.74) is 1.08. The van der Waals surface area contributed by atoms with E-state index in [1.807, 2.05) is 0 Å². The van der Waals surface area contributed by atoms with E-state index in [0.717, 1.165) is 43.5 Å². The first-order valence-electron chi connectivity index (χ1n) is 6.65. The number of nitrogens with zero attached hydrogens (tertiary/aromatic N) is 1. The van der Waals surface area contributed by atoms with Gasteiger partial charge < -0.3 is 5.32 Å². The van der Waals surface area contributed by atoms with E-state index in [1.54, 1.807) is 0 Å². The first kappa shape index (κ1) is 14.3. The van der Waals surface area contributed by atoms with Gasteiger partial charge in [-0.3, -0.25) is 5.10 Å². The number of halogens is 4. The number of hydrogen-bond acceptors (Lipinski definition) is 2. The van der Waals surface area contributed by atoms with Crippen molar-refractivity contribution in [2.45, 2.75) is 25.4 Å². The van der Waals surface area contributed by atoms with Crippen LogP contribution >= 0.6 is 11.6 Å². The summed E-state index contributed by atoms with van der Waals surface area (Å²) in [5.74, 6) is 0.705. The highest BCUT2D eigenvalue weighted by atomic mass is 35.5. The molecular weight excluding hydrogens is 303 g/mol. The second kappa shape index (κ2) is 5.26. The van der Waals surface area contributed by atoms with Crippen LogP contribution in [0.15, 0.2) is 18.2 Å². The lowest BCUT2D eigenvalue weighted by atomic mass is 10.0. The first-order valence-corrected chi connectivity index (χ1v) is 7.03. The van der Waals surface area contributed by atoms with Crippen molar-refractivity contribution in [1.82, 2.24) is 10.2 Å². The SMILES string of the molecule is FC(F)(F)c1ccc(Cl)c(-c2[nH]nc3c2CCCCN3)c1. The number of hydrogen-bond donors (Lipinski definition) is 2.